The maximum Gasteiger partial charge on any atom is 0.217 e. The molecule has 0 radical (unpaired) electrons. The fourth-order valence-electron chi connectivity index (χ4n) is 0.416. The van der Waals surface area contributed by atoms with E-state index >= 15 is 0 Å². The third-order valence-corrected chi connectivity index (χ3v) is 1.11. The first kappa shape index (κ1) is 8.14. The molecule has 0 fully saturated rings. The number of nitrogens with zero attached hydrogens (tertiary/aromatic N) is 1. The molecular formula is C6H12N2O. The maximum absolute atomic E-state index is 10.2. The fourth-order valence-corrected chi connectivity index (χ4v) is 0.416. The van der Waals surface area contributed by atoms with Gasteiger partial charge in [0.05, 0.1) is 0 Å². The molecule has 2 N–H and O–H groups in total. The van der Waals surface area contributed by atoms with Crippen LogP contribution in [0.2, 0.25) is 0 Å². The molecule has 1 amide bonds. The van der Waals surface area contributed by atoms with Crippen molar-refractivity contribution in [3.8, 4) is 0 Å². The summed E-state index contributed by atoms with van der Waals surface area (Å²) in [6.07, 6.45) is 1.09. The minimum atomic E-state index is -0.266. The number of nitrogens with two attached hydrogens (primary N) is 1. The van der Waals surface area contributed by atoms with Gasteiger partial charge in [0.2, 0.25) is 5.91 Å². The summed E-state index contributed by atoms with van der Waals surface area (Å²) in [5, 5.41) is 0. The van der Waals surface area contributed by atoms with Crippen LogP contribution >= 0.6 is 0 Å². The predicted molar refractivity (Wildman–Crippen MR) is 37.5 cm³/mol. The molecule has 0 spiro atoms. The van der Waals surface area contributed by atoms with Crippen molar-refractivity contribution in [3.63, 3.8) is 0 Å². The van der Waals surface area contributed by atoms with Crippen LogP contribution in [0, 0.1) is 0 Å². The van der Waals surface area contributed by atoms with Crippen LogP contribution in [0.25, 0.3) is 0 Å². The molecule has 0 aliphatic carbocycles. The highest BCUT2D eigenvalue weighted by Gasteiger charge is 1.94. The van der Waals surface area contributed by atoms with Gasteiger partial charge in [-0.3, -0.25) is 9.79 Å². The molecule has 0 rings (SSSR count). The van der Waals surface area contributed by atoms with E-state index in [0.29, 0.717) is 12.8 Å². The van der Waals surface area contributed by atoms with Gasteiger partial charge in [0, 0.05) is 19.2 Å². The second kappa shape index (κ2) is 4.06. The lowest BCUT2D eigenvalue weighted by atomic mass is 10.2. The Hall–Kier alpha value is -0.860. The SMILES string of the molecule is CN=C(C)CCC(N)=O. The molecule has 0 unspecified atom stereocenters. The molecular weight excluding hydrogens is 116 g/mol. The number of primary amides is 1. The van der Waals surface area contributed by atoms with E-state index < -0.39 is 0 Å². The Labute approximate surface area is 55.0 Å². The van der Waals surface area contributed by atoms with Crippen molar-refractivity contribution in [2.24, 2.45) is 10.7 Å². The summed E-state index contributed by atoms with van der Waals surface area (Å²) in [5.74, 6) is -0.266. The summed E-state index contributed by atoms with van der Waals surface area (Å²) >= 11 is 0. The number of rotatable bonds is 3. The van der Waals surface area contributed by atoms with E-state index in [0.717, 1.165) is 5.71 Å². The number of hydrogen-bond acceptors (Lipinski definition) is 2. The van der Waals surface area contributed by atoms with Gasteiger partial charge in [0.25, 0.3) is 0 Å². The van der Waals surface area contributed by atoms with E-state index in [1.165, 1.54) is 0 Å². The van der Waals surface area contributed by atoms with Crippen LogP contribution in [0.1, 0.15) is 19.8 Å². The second-order valence-corrected chi connectivity index (χ2v) is 1.93. The monoisotopic (exact) mass is 128 g/mol. The fraction of sp³-hybridized carbons (Fsp3) is 0.667. The first-order chi connectivity index (χ1) is 4.16. The smallest absolute Gasteiger partial charge is 0.217 e. The van der Waals surface area contributed by atoms with Crippen molar-refractivity contribution >= 4 is 11.6 Å². The van der Waals surface area contributed by atoms with E-state index in [1.807, 2.05) is 6.92 Å². The Morgan fingerprint density at radius 1 is 1.56 bits per heavy atom. The molecule has 0 aromatic heterocycles. The summed E-state index contributed by atoms with van der Waals surface area (Å²) in [6, 6.07) is 0. The molecule has 0 aromatic carbocycles. The Morgan fingerprint density at radius 2 is 2.11 bits per heavy atom. The Bertz CT molecular complexity index is 129. The largest absolute Gasteiger partial charge is 0.370 e. The van der Waals surface area contributed by atoms with Crippen LogP contribution in [0.15, 0.2) is 4.99 Å². The van der Waals surface area contributed by atoms with E-state index in [1.54, 1.807) is 7.05 Å². The molecule has 3 nitrogen and oxygen atoms in total. The van der Waals surface area contributed by atoms with Crippen molar-refractivity contribution in [3.05, 3.63) is 0 Å². The average Bonchev–Trinajstić information content (AvgIpc) is 1.83. The quantitative estimate of drug-likeness (QED) is 0.547. The highest BCUT2D eigenvalue weighted by molar-refractivity contribution is 5.86. The van der Waals surface area contributed by atoms with Gasteiger partial charge < -0.3 is 5.73 Å². The summed E-state index contributed by atoms with van der Waals surface area (Å²) < 4.78 is 0. The third kappa shape index (κ3) is 5.00. The number of hydrogen-bond donors (Lipinski definition) is 1. The molecule has 0 bridgehead atoms. The van der Waals surface area contributed by atoms with Gasteiger partial charge in [-0.2, -0.15) is 0 Å². The number of amides is 1. The number of carbonyl (C=O) groups is 1. The molecule has 52 valence electrons. The third-order valence-electron chi connectivity index (χ3n) is 1.11. The summed E-state index contributed by atoms with van der Waals surface area (Å²) in [4.78, 5) is 14.1. The average molecular weight is 128 g/mol. The molecule has 0 atom stereocenters. The van der Waals surface area contributed by atoms with Crippen LogP contribution in [0.5, 0.6) is 0 Å². The summed E-state index contributed by atoms with van der Waals surface area (Å²) in [6.45, 7) is 1.88. The molecule has 3 heteroatoms. The minimum absolute atomic E-state index is 0.266. The van der Waals surface area contributed by atoms with Crippen LogP contribution in [-0.4, -0.2) is 18.7 Å². The zero-order valence-corrected chi connectivity index (χ0v) is 5.85. The van der Waals surface area contributed by atoms with E-state index in [4.69, 9.17) is 5.73 Å². The zero-order valence-electron chi connectivity index (χ0n) is 5.85. The molecule has 0 heterocycles. The van der Waals surface area contributed by atoms with Gasteiger partial charge in [-0.1, -0.05) is 0 Å². The van der Waals surface area contributed by atoms with Crippen molar-refractivity contribution < 1.29 is 4.79 Å². The first-order valence-corrected chi connectivity index (χ1v) is 2.87. The van der Waals surface area contributed by atoms with Crippen molar-refractivity contribution in [2.75, 3.05) is 7.05 Å². The van der Waals surface area contributed by atoms with E-state index in [2.05, 4.69) is 4.99 Å². The lowest BCUT2D eigenvalue weighted by Crippen LogP contribution is -2.11. The Kier molecular flexibility index (Phi) is 3.67. The van der Waals surface area contributed by atoms with E-state index in [9.17, 15) is 4.79 Å². The van der Waals surface area contributed by atoms with Crippen LogP contribution in [-0.2, 0) is 4.79 Å². The number of carbonyl (C=O) groups excluding carboxylic acids is 1. The molecule has 0 saturated carbocycles. The van der Waals surface area contributed by atoms with Crippen LogP contribution in [0.4, 0.5) is 0 Å². The number of aliphatic imine (C=N–C) groups is 1. The Balaban J connectivity index is 3.39. The zero-order chi connectivity index (χ0) is 7.28. The molecule has 0 aromatic rings. The predicted octanol–water partition coefficient (Wildman–Crippen LogP) is 0.343. The van der Waals surface area contributed by atoms with Gasteiger partial charge in [-0.15, -0.1) is 0 Å². The van der Waals surface area contributed by atoms with Gasteiger partial charge in [-0.25, -0.2) is 0 Å². The molecule has 0 saturated heterocycles. The minimum Gasteiger partial charge on any atom is -0.370 e. The normalized spacial score (nSPS) is 11.6. The van der Waals surface area contributed by atoms with Crippen molar-refractivity contribution in [2.45, 2.75) is 19.8 Å². The summed E-state index contributed by atoms with van der Waals surface area (Å²) in [7, 11) is 1.70. The van der Waals surface area contributed by atoms with Gasteiger partial charge in [-0.05, 0) is 13.3 Å². The second-order valence-electron chi connectivity index (χ2n) is 1.93. The van der Waals surface area contributed by atoms with Crippen molar-refractivity contribution in [1.29, 1.82) is 0 Å². The highest BCUT2D eigenvalue weighted by Crippen LogP contribution is 1.89. The van der Waals surface area contributed by atoms with Crippen molar-refractivity contribution in [1.82, 2.24) is 0 Å². The van der Waals surface area contributed by atoms with Gasteiger partial charge >= 0.3 is 0 Å². The lowest BCUT2D eigenvalue weighted by molar-refractivity contribution is -0.117. The Morgan fingerprint density at radius 3 is 2.44 bits per heavy atom. The molecule has 9 heavy (non-hydrogen) atoms. The van der Waals surface area contributed by atoms with E-state index in [-0.39, 0.29) is 5.91 Å². The summed E-state index contributed by atoms with van der Waals surface area (Å²) in [5.41, 5.74) is 5.87. The highest BCUT2D eigenvalue weighted by atomic mass is 16.1. The first-order valence-electron chi connectivity index (χ1n) is 2.87. The standard InChI is InChI=1S/C6H12N2O/c1-5(8-2)3-4-6(7)9/h3-4H2,1-2H3,(H2,7,9). The van der Waals surface area contributed by atoms with Crippen LogP contribution < -0.4 is 5.73 Å². The molecule has 0 aliphatic heterocycles. The molecule has 0 aliphatic rings. The maximum atomic E-state index is 10.2. The topological polar surface area (TPSA) is 55.4 Å². The van der Waals surface area contributed by atoms with Gasteiger partial charge in [0.1, 0.15) is 0 Å². The van der Waals surface area contributed by atoms with Gasteiger partial charge in [0.15, 0.2) is 0 Å². The van der Waals surface area contributed by atoms with Crippen LogP contribution in [0.3, 0.4) is 0 Å². The lowest BCUT2D eigenvalue weighted by Gasteiger charge is -1.93.